The lowest BCUT2D eigenvalue weighted by Crippen LogP contribution is -2.16. The van der Waals surface area contributed by atoms with Gasteiger partial charge in [-0.15, -0.1) is 0 Å². The van der Waals surface area contributed by atoms with E-state index in [1.54, 1.807) is 0 Å². The van der Waals surface area contributed by atoms with E-state index in [1.165, 1.54) is 0 Å². The Balaban J connectivity index is 3.15. The third kappa shape index (κ3) is 6.86. The number of hydrogen-bond donors (Lipinski definition) is 4. The average Bonchev–Trinajstić information content (AvgIpc) is 2.51. The van der Waals surface area contributed by atoms with Gasteiger partial charge in [0.2, 0.25) is 11.8 Å². The van der Waals surface area contributed by atoms with Gasteiger partial charge in [-0.25, -0.2) is 9.59 Å². The minimum atomic E-state index is -4.73. The molecule has 0 saturated heterocycles. The SMILES string of the molecule is O=C(O)/C=C/C(=O)Nc1ccc(C(F)(F)F)cc1NC(=O)/C=C/C(=O)O. The summed E-state index contributed by atoms with van der Waals surface area (Å²) in [5.41, 5.74) is -1.85. The third-order valence-corrected chi connectivity index (χ3v) is 2.62. The normalized spacial score (nSPS) is 11.5. The van der Waals surface area contributed by atoms with Crippen LogP contribution in [0.1, 0.15) is 5.56 Å². The Kier molecular flexibility index (Phi) is 6.64. The van der Waals surface area contributed by atoms with Crippen LogP contribution in [0.15, 0.2) is 42.5 Å². The molecule has 11 heteroatoms. The Morgan fingerprint density at radius 3 is 1.69 bits per heavy atom. The lowest BCUT2D eigenvalue weighted by Gasteiger charge is -2.14. The fourth-order valence-corrected chi connectivity index (χ4v) is 1.58. The highest BCUT2D eigenvalue weighted by atomic mass is 19.4. The maximum Gasteiger partial charge on any atom is 0.416 e. The number of amides is 2. The van der Waals surface area contributed by atoms with E-state index in [-0.39, 0.29) is 5.69 Å². The van der Waals surface area contributed by atoms with Gasteiger partial charge in [-0.3, -0.25) is 9.59 Å². The second kappa shape index (κ2) is 8.46. The molecule has 1 aromatic carbocycles. The number of carboxylic acids is 2. The van der Waals surface area contributed by atoms with E-state index in [0.29, 0.717) is 36.4 Å². The highest BCUT2D eigenvalue weighted by Gasteiger charge is 2.31. The van der Waals surface area contributed by atoms with Crippen LogP contribution in [0.2, 0.25) is 0 Å². The van der Waals surface area contributed by atoms with Crippen LogP contribution >= 0.6 is 0 Å². The van der Waals surface area contributed by atoms with E-state index in [4.69, 9.17) is 10.2 Å². The van der Waals surface area contributed by atoms with E-state index in [1.807, 2.05) is 5.32 Å². The molecule has 0 heterocycles. The number of halogens is 3. The molecule has 0 bridgehead atoms. The minimum Gasteiger partial charge on any atom is -0.478 e. The van der Waals surface area contributed by atoms with Crippen LogP contribution in [0.25, 0.3) is 0 Å². The Labute approximate surface area is 143 Å². The number of carboxylic acid groups (broad SMARTS) is 2. The summed E-state index contributed by atoms with van der Waals surface area (Å²) < 4.78 is 38.4. The molecular formula is C15H11F3N2O6. The third-order valence-electron chi connectivity index (χ3n) is 2.62. The van der Waals surface area contributed by atoms with Gasteiger partial charge in [0.25, 0.3) is 0 Å². The Morgan fingerprint density at radius 1 is 0.808 bits per heavy atom. The van der Waals surface area contributed by atoms with Gasteiger partial charge >= 0.3 is 18.1 Å². The van der Waals surface area contributed by atoms with E-state index >= 15 is 0 Å². The average molecular weight is 372 g/mol. The molecule has 8 nitrogen and oxygen atoms in total. The summed E-state index contributed by atoms with van der Waals surface area (Å²) in [5, 5.41) is 21.0. The molecule has 0 atom stereocenters. The molecule has 2 amide bonds. The molecule has 1 aromatic rings. The Hall–Kier alpha value is -3.63. The molecular weight excluding hydrogens is 361 g/mol. The van der Waals surface area contributed by atoms with E-state index in [2.05, 4.69) is 5.32 Å². The van der Waals surface area contributed by atoms with Crippen LogP contribution in [-0.4, -0.2) is 34.0 Å². The summed E-state index contributed by atoms with van der Waals surface area (Å²) in [6.45, 7) is 0. The van der Waals surface area contributed by atoms with Crippen molar-refractivity contribution in [3.63, 3.8) is 0 Å². The van der Waals surface area contributed by atoms with Gasteiger partial charge in [0, 0.05) is 24.3 Å². The molecule has 0 aliphatic rings. The monoisotopic (exact) mass is 372 g/mol. The maximum absolute atomic E-state index is 12.8. The van der Waals surface area contributed by atoms with Crippen molar-refractivity contribution in [1.82, 2.24) is 0 Å². The number of anilines is 2. The first kappa shape index (κ1) is 20.4. The molecule has 26 heavy (non-hydrogen) atoms. The standard InChI is InChI=1S/C15H11F3N2O6/c16-15(17,18)8-1-2-9(19-11(21)3-5-13(23)24)10(7-8)20-12(22)4-6-14(25)26/h1-7H,(H,19,21)(H,20,22)(H,23,24)(H,25,26)/b5-3+,6-4+. The first-order chi connectivity index (χ1) is 12.0. The Morgan fingerprint density at radius 2 is 1.27 bits per heavy atom. The minimum absolute atomic E-state index is 0.255. The lowest BCUT2D eigenvalue weighted by atomic mass is 10.1. The highest BCUT2D eigenvalue weighted by molar-refractivity contribution is 6.08. The zero-order chi connectivity index (χ0) is 19.9. The summed E-state index contributed by atoms with van der Waals surface area (Å²) in [7, 11) is 0. The molecule has 1 rings (SSSR count). The molecule has 4 N–H and O–H groups in total. The van der Waals surface area contributed by atoms with Crippen LogP contribution in [0.4, 0.5) is 24.5 Å². The van der Waals surface area contributed by atoms with Crippen molar-refractivity contribution in [3.8, 4) is 0 Å². The van der Waals surface area contributed by atoms with Gasteiger partial charge in [0.1, 0.15) is 0 Å². The topological polar surface area (TPSA) is 133 Å². The van der Waals surface area contributed by atoms with Crippen molar-refractivity contribution in [2.75, 3.05) is 10.6 Å². The first-order valence-electron chi connectivity index (χ1n) is 6.64. The predicted octanol–water partition coefficient (Wildman–Crippen LogP) is 1.86. The van der Waals surface area contributed by atoms with E-state index < -0.39 is 41.2 Å². The summed E-state index contributed by atoms with van der Waals surface area (Å²) in [6.07, 6.45) is -2.57. The largest absolute Gasteiger partial charge is 0.478 e. The summed E-state index contributed by atoms with van der Waals surface area (Å²) >= 11 is 0. The molecule has 0 aliphatic heterocycles. The highest BCUT2D eigenvalue weighted by Crippen LogP contribution is 2.34. The number of benzene rings is 1. The van der Waals surface area contributed by atoms with Crippen LogP contribution < -0.4 is 10.6 Å². The number of hydrogen-bond acceptors (Lipinski definition) is 4. The predicted molar refractivity (Wildman–Crippen MR) is 82.3 cm³/mol. The molecule has 0 aliphatic carbocycles. The van der Waals surface area contributed by atoms with Crippen LogP contribution in [0.3, 0.4) is 0 Å². The molecule has 0 fully saturated rings. The van der Waals surface area contributed by atoms with E-state index in [9.17, 15) is 32.3 Å². The van der Waals surface area contributed by atoms with Gasteiger partial charge in [-0.1, -0.05) is 0 Å². The smallest absolute Gasteiger partial charge is 0.416 e. The quantitative estimate of drug-likeness (QED) is 0.564. The summed E-state index contributed by atoms with van der Waals surface area (Å²) in [6, 6.07) is 2.02. The van der Waals surface area contributed by atoms with Crippen molar-refractivity contribution in [2.24, 2.45) is 0 Å². The van der Waals surface area contributed by atoms with Crippen molar-refractivity contribution >= 4 is 35.1 Å². The van der Waals surface area contributed by atoms with Crippen molar-refractivity contribution in [2.45, 2.75) is 6.18 Å². The summed E-state index contributed by atoms with van der Waals surface area (Å²) in [4.78, 5) is 43.8. The molecule has 0 spiro atoms. The number of alkyl halides is 3. The van der Waals surface area contributed by atoms with Gasteiger partial charge in [0.15, 0.2) is 0 Å². The van der Waals surface area contributed by atoms with Crippen molar-refractivity contribution < 1.29 is 42.6 Å². The fourth-order valence-electron chi connectivity index (χ4n) is 1.58. The second-order valence-corrected chi connectivity index (χ2v) is 4.58. The summed E-state index contributed by atoms with van der Waals surface area (Å²) in [5.74, 6) is -4.89. The van der Waals surface area contributed by atoms with Gasteiger partial charge < -0.3 is 20.8 Å². The number of nitrogens with one attached hydrogen (secondary N) is 2. The number of rotatable bonds is 6. The van der Waals surface area contributed by atoms with Gasteiger partial charge in [-0.05, 0) is 18.2 Å². The lowest BCUT2D eigenvalue weighted by molar-refractivity contribution is -0.137. The van der Waals surface area contributed by atoms with Crippen molar-refractivity contribution in [3.05, 3.63) is 48.1 Å². The van der Waals surface area contributed by atoms with Gasteiger partial charge in [-0.2, -0.15) is 13.2 Å². The zero-order valence-corrected chi connectivity index (χ0v) is 12.7. The van der Waals surface area contributed by atoms with E-state index in [0.717, 1.165) is 6.07 Å². The molecule has 0 aromatic heterocycles. The molecule has 0 saturated carbocycles. The zero-order valence-electron chi connectivity index (χ0n) is 12.7. The fraction of sp³-hybridized carbons (Fsp3) is 0.0667. The molecule has 0 radical (unpaired) electrons. The van der Waals surface area contributed by atoms with Gasteiger partial charge in [0.05, 0.1) is 16.9 Å². The molecule has 138 valence electrons. The number of carbonyl (C=O) groups excluding carboxylic acids is 2. The second-order valence-electron chi connectivity index (χ2n) is 4.58. The van der Waals surface area contributed by atoms with Crippen molar-refractivity contribution in [1.29, 1.82) is 0 Å². The van der Waals surface area contributed by atoms with Crippen LogP contribution in [0.5, 0.6) is 0 Å². The number of aliphatic carboxylic acids is 2. The first-order valence-corrected chi connectivity index (χ1v) is 6.64. The number of carbonyl (C=O) groups is 4. The van der Waals surface area contributed by atoms with Crippen LogP contribution in [0, 0.1) is 0 Å². The maximum atomic E-state index is 12.8. The molecule has 0 unspecified atom stereocenters. The van der Waals surface area contributed by atoms with Crippen LogP contribution in [-0.2, 0) is 25.4 Å². The Bertz CT molecular complexity index is 799.